The predicted molar refractivity (Wildman–Crippen MR) is 140 cm³/mol. The Balaban J connectivity index is 1.33. The predicted octanol–water partition coefficient (Wildman–Crippen LogP) is 4.82. The van der Waals surface area contributed by atoms with Gasteiger partial charge in [0.25, 0.3) is 0 Å². The van der Waals surface area contributed by atoms with Crippen molar-refractivity contribution in [2.75, 3.05) is 11.9 Å². The average molecular weight is 504 g/mol. The molecule has 0 bridgehead atoms. The number of carbonyl (C=O) groups is 2. The van der Waals surface area contributed by atoms with Crippen LogP contribution in [0, 0.1) is 11.8 Å². The van der Waals surface area contributed by atoms with Crippen LogP contribution < -0.4 is 10.1 Å². The first kappa shape index (κ1) is 25.4. The zero-order valence-electron chi connectivity index (χ0n) is 20.4. The van der Waals surface area contributed by atoms with Crippen molar-refractivity contribution in [3.05, 3.63) is 75.8 Å². The minimum Gasteiger partial charge on any atom is -0.489 e. The van der Waals surface area contributed by atoms with Crippen LogP contribution in [0.5, 0.6) is 5.75 Å². The number of hydrogen-bond acceptors (Lipinski definition) is 6. The van der Waals surface area contributed by atoms with Gasteiger partial charge in [-0.3, -0.25) is 14.5 Å². The van der Waals surface area contributed by atoms with E-state index in [9.17, 15) is 9.59 Å². The number of amides is 1. The molecule has 1 aromatic heterocycles. The van der Waals surface area contributed by atoms with Crippen LogP contribution in [0.3, 0.4) is 0 Å². The van der Waals surface area contributed by atoms with Gasteiger partial charge in [0, 0.05) is 37.9 Å². The summed E-state index contributed by atoms with van der Waals surface area (Å²) in [4.78, 5) is 30.6. The van der Waals surface area contributed by atoms with Crippen molar-refractivity contribution in [1.82, 2.24) is 9.88 Å². The van der Waals surface area contributed by atoms with Crippen molar-refractivity contribution in [3.8, 4) is 17.6 Å². The lowest BCUT2D eigenvalue weighted by Gasteiger charge is -2.26. The number of aliphatic carboxylic acids is 1. The van der Waals surface area contributed by atoms with Gasteiger partial charge in [0.05, 0.1) is 18.0 Å². The van der Waals surface area contributed by atoms with Gasteiger partial charge in [-0.25, -0.2) is 4.98 Å². The number of anilines is 1. The molecule has 1 aliphatic rings. The third kappa shape index (κ3) is 6.94. The maximum atomic E-state index is 11.3. The van der Waals surface area contributed by atoms with Crippen molar-refractivity contribution in [2.45, 2.75) is 52.3 Å². The highest BCUT2D eigenvalue weighted by atomic mass is 32.1. The normalized spacial score (nSPS) is 13.7. The number of aromatic nitrogens is 1. The summed E-state index contributed by atoms with van der Waals surface area (Å²) in [5.74, 6) is 5.22. The SMILES string of the molecule is CC#CC(CC(=O)O)c1ccc(OCc2cccc(CN3CCc4nc(NC(C)=O)sc4C3)c2)cc1. The second kappa shape index (κ2) is 11.8. The van der Waals surface area contributed by atoms with E-state index in [0.29, 0.717) is 11.7 Å². The molecule has 0 radical (unpaired) electrons. The quantitative estimate of drug-likeness (QED) is 0.407. The molecule has 3 aromatic rings. The van der Waals surface area contributed by atoms with E-state index in [1.807, 2.05) is 30.3 Å². The molecule has 1 aliphatic heterocycles. The van der Waals surface area contributed by atoms with Gasteiger partial charge in [0.2, 0.25) is 5.91 Å². The van der Waals surface area contributed by atoms with Gasteiger partial charge >= 0.3 is 5.97 Å². The van der Waals surface area contributed by atoms with E-state index >= 15 is 0 Å². The van der Waals surface area contributed by atoms with E-state index in [4.69, 9.17) is 9.84 Å². The van der Waals surface area contributed by atoms with Crippen molar-refractivity contribution < 1.29 is 19.4 Å². The summed E-state index contributed by atoms with van der Waals surface area (Å²) < 4.78 is 5.99. The van der Waals surface area contributed by atoms with Crippen molar-refractivity contribution in [1.29, 1.82) is 0 Å². The van der Waals surface area contributed by atoms with Gasteiger partial charge < -0.3 is 15.2 Å². The Kier molecular flexibility index (Phi) is 8.36. The number of ether oxygens (including phenoxy) is 1. The molecule has 4 rings (SSSR count). The summed E-state index contributed by atoms with van der Waals surface area (Å²) in [6.07, 6.45) is 0.854. The van der Waals surface area contributed by atoms with Crippen LogP contribution >= 0.6 is 11.3 Å². The number of fused-ring (bicyclic) bond motifs is 1. The van der Waals surface area contributed by atoms with E-state index in [0.717, 1.165) is 48.6 Å². The van der Waals surface area contributed by atoms with E-state index in [1.54, 1.807) is 18.3 Å². The molecule has 2 heterocycles. The molecular weight excluding hydrogens is 474 g/mol. The first-order valence-electron chi connectivity index (χ1n) is 11.8. The Hall–Kier alpha value is -3.67. The second-order valence-corrected chi connectivity index (χ2v) is 9.84. The molecular formula is C28H29N3O4S. The molecule has 1 atom stereocenters. The highest BCUT2D eigenvalue weighted by Crippen LogP contribution is 2.29. The molecule has 8 heteroatoms. The van der Waals surface area contributed by atoms with Crippen LogP contribution in [0.4, 0.5) is 5.13 Å². The molecule has 1 amide bonds. The molecule has 2 aromatic carbocycles. The molecule has 7 nitrogen and oxygen atoms in total. The lowest BCUT2D eigenvalue weighted by Crippen LogP contribution is -2.29. The third-order valence-corrected chi connectivity index (χ3v) is 6.87. The molecule has 0 saturated heterocycles. The third-order valence-electron chi connectivity index (χ3n) is 5.88. The lowest BCUT2D eigenvalue weighted by molar-refractivity contribution is -0.137. The van der Waals surface area contributed by atoms with Gasteiger partial charge in [-0.1, -0.05) is 42.3 Å². The second-order valence-electron chi connectivity index (χ2n) is 8.75. The number of carboxylic acid groups (broad SMARTS) is 1. The lowest BCUT2D eigenvalue weighted by atomic mass is 9.96. The van der Waals surface area contributed by atoms with Gasteiger partial charge in [-0.2, -0.15) is 0 Å². The molecule has 186 valence electrons. The molecule has 0 saturated carbocycles. The van der Waals surface area contributed by atoms with E-state index < -0.39 is 5.97 Å². The fourth-order valence-electron chi connectivity index (χ4n) is 4.23. The van der Waals surface area contributed by atoms with Crippen LogP contribution in [-0.2, 0) is 35.7 Å². The van der Waals surface area contributed by atoms with Gasteiger partial charge in [0.15, 0.2) is 5.13 Å². The first-order valence-corrected chi connectivity index (χ1v) is 12.6. The summed E-state index contributed by atoms with van der Waals surface area (Å²) in [7, 11) is 0. The fraction of sp³-hybridized carbons (Fsp3) is 0.321. The molecule has 0 spiro atoms. The molecule has 0 aliphatic carbocycles. The molecule has 1 unspecified atom stereocenters. The summed E-state index contributed by atoms with van der Waals surface area (Å²) in [6, 6.07) is 15.9. The van der Waals surface area contributed by atoms with Crippen LogP contribution in [0.25, 0.3) is 0 Å². The standard InChI is InChI=1S/C28H29N3O4S/c1-3-5-23(15-27(33)34)22-8-10-24(11-9-22)35-18-21-7-4-6-20(14-21)16-31-13-12-25-26(17-31)36-28(30-25)29-19(2)32/h4,6-11,14,23H,12-13,15-18H2,1-2H3,(H,33,34)(H,29,30,32). The smallest absolute Gasteiger partial charge is 0.304 e. The van der Waals surface area contributed by atoms with E-state index in [2.05, 4.69) is 45.2 Å². The topological polar surface area (TPSA) is 91.8 Å². The number of benzene rings is 2. The maximum Gasteiger partial charge on any atom is 0.304 e. The Labute approximate surface area is 215 Å². The van der Waals surface area contributed by atoms with E-state index in [1.165, 1.54) is 17.4 Å². The Morgan fingerprint density at radius 1 is 1.22 bits per heavy atom. The van der Waals surface area contributed by atoms with Crippen molar-refractivity contribution in [3.63, 3.8) is 0 Å². The minimum absolute atomic E-state index is 0.0222. The number of nitrogens with zero attached hydrogens (tertiary/aromatic N) is 2. The van der Waals surface area contributed by atoms with Crippen LogP contribution in [0.15, 0.2) is 48.5 Å². The summed E-state index contributed by atoms with van der Waals surface area (Å²) in [5, 5.41) is 12.6. The van der Waals surface area contributed by atoms with Gasteiger partial charge in [0.1, 0.15) is 12.4 Å². The van der Waals surface area contributed by atoms with Crippen LogP contribution in [-0.4, -0.2) is 33.4 Å². The zero-order chi connectivity index (χ0) is 25.5. The van der Waals surface area contributed by atoms with Crippen LogP contribution in [0.2, 0.25) is 0 Å². The number of thiazole rings is 1. The number of rotatable bonds is 9. The molecule has 2 N–H and O–H groups in total. The average Bonchev–Trinajstić information content (AvgIpc) is 3.23. The monoisotopic (exact) mass is 503 g/mol. The summed E-state index contributed by atoms with van der Waals surface area (Å²) in [5.41, 5.74) is 4.26. The summed E-state index contributed by atoms with van der Waals surface area (Å²) >= 11 is 1.55. The number of nitrogens with one attached hydrogen (secondary N) is 1. The highest BCUT2D eigenvalue weighted by Gasteiger charge is 2.21. The summed E-state index contributed by atoms with van der Waals surface area (Å²) in [6.45, 7) is 6.24. The van der Waals surface area contributed by atoms with Crippen molar-refractivity contribution in [2.24, 2.45) is 0 Å². The molecule has 36 heavy (non-hydrogen) atoms. The Morgan fingerprint density at radius 2 is 2.00 bits per heavy atom. The Morgan fingerprint density at radius 3 is 2.72 bits per heavy atom. The number of carboxylic acids is 1. The Bertz CT molecular complexity index is 1290. The number of carbonyl (C=O) groups excluding carboxylic acids is 1. The largest absolute Gasteiger partial charge is 0.489 e. The van der Waals surface area contributed by atoms with E-state index in [-0.39, 0.29) is 18.2 Å². The highest BCUT2D eigenvalue weighted by molar-refractivity contribution is 7.15. The fourth-order valence-corrected chi connectivity index (χ4v) is 5.32. The van der Waals surface area contributed by atoms with Crippen molar-refractivity contribution >= 4 is 28.3 Å². The maximum absolute atomic E-state index is 11.3. The molecule has 0 fully saturated rings. The zero-order valence-corrected chi connectivity index (χ0v) is 21.2. The van der Waals surface area contributed by atoms with Gasteiger partial charge in [-0.05, 0) is 35.7 Å². The number of hydrogen-bond donors (Lipinski definition) is 2. The van der Waals surface area contributed by atoms with Gasteiger partial charge in [-0.15, -0.1) is 17.3 Å². The minimum atomic E-state index is -0.866. The van der Waals surface area contributed by atoms with Crippen LogP contribution in [0.1, 0.15) is 53.4 Å². The first-order chi connectivity index (χ1) is 17.4.